The van der Waals surface area contributed by atoms with Crippen LogP contribution in [0, 0.1) is 13.8 Å². The van der Waals surface area contributed by atoms with Crippen LogP contribution in [0.25, 0.3) is 0 Å². The molecule has 3 rings (SSSR count). The SMILES string of the molecule is Cc1noc(C)c1S(=O)(=O)NC1CCN(C(=O)CCc2ccc(Cl)cc2)CC1. The molecule has 0 atom stereocenters. The number of hydrogen-bond acceptors (Lipinski definition) is 5. The zero-order valence-corrected chi connectivity index (χ0v) is 17.5. The molecule has 0 saturated carbocycles. The highest BCUT2D eigenvalue weighted by molar-refractivity contribution is 7.89. The average Bonchev–Trinajstić information content (AvgIpc) is 3.00. The van der Waals surface area contributed by atoms with Crippen LogP contribution in [0.4, 0.5) is 0 Å². The lowest BCUT2D eigenvalue weighted by Gasteiger charge is -2.32. The minimum atomic E-state index is -3.69. The molecule has 2 heterocycles. The molecule has 7 nitrogen and oxygen atoms in total. The van der Waals surface area contributed by atoms with Crippen LogP contribution in [0.2, 0.25) is 5.02 Å². The van der Waals surface area contributed by atoms with Gasteiger partial charge in [0.2, 0.25) is 15.9 Å². The Balaban J connectivity index is 1.50. The number of amides is 1. The first-order chi connectivity index (χ1) is 13.3. The molecule has 0 unspecified atom stereocenters. The van der Waals surface area contributed by atoms with Gasteiger partial charge in [0.05, 0.1) is 0 Å². The maximum absolute atomic E-state index is 12.6. The topological polar surface area (TPSA) is 92.5 Å². The standard InChI is InChI=1S/C19H24ClN3O4S/c1-13-19(14(2)27-21-13)28(25,26)22-17-9-11-23(12-10-17)18(24)8-5-15-3-6-16(20)7-4-15/h3-4,6-7,17,22H,5,8-12H2,1-2H3. The third-order valence-corrected chi connectivity index (χ3v) is 6.96. The highest BCUT2D eigenvalue weighted by Crippen LogP contribution is 2.21. The summed E-state index contributed by atoms with van der Waals surface area (Å²) in [7, 11) is -3.69. The van der Waals surface area contributed by atoms with Gasteiger partial charge in [0.25, 0.3) is 0 Å². The number of sulfonamides is 1. The van der Waals surface area contributed by atoms with Crippen LogP contribution in [-0.4, -0.2) is 43.5 Å². The second-order valence-corrected chi connectivity index (χ2v) is 9.14. The summed E-state index contributed by atoms with van der Waals surface area (Å²) in [5.41, 5.74) is 1.42. The molecule has 0 spiro atoms. The van der Waals surface area contributed by atoms with Gasteiger partial charge in [0.15, 0.2) is 5.76 Å². The summed E-state index contributed by atoms with van der Waals surface area (Å²) in [4.78, 5) is 14.4. The maximum atomic E-state index is 12.6. The maximum Gasteiger partial charge on any atom is 0.246 e. The van der Waals surface area contributed by atoms with Crippen LogP contribution in [0.5, 0.6) is 0 Å². The first-order valence-corrected chi connectivity index (χ1v) is 11.1. The van der Waals surface area contributed by atoms with Gasteiger partial charge in [0.1, 0.15) is 10.6 Å². The van der Waals surface area contributed by atoms with Crippen molar-refractivity contribution in [3.8, 4) is 0 Å². The Hall–Kier alpha value is -1.90. The van der Waals surface area contributed by atoms with Gasteiger partial charge in [-0.1, -0.05) is 28.9 Å². The molecule has 1 aliphatic heterocycles. The van der Waals surface area contributed by atoms with Gasteiger partial charge in [-0.15, -0.1) is 0 Å². The first kappa shape index (κ1) is 20.8. The van der Waals surface area contributed by atoms with Gasteiger partial charge in [0, 0.05) is 30.6 Å². The molecule has 1 amide bonds. The number of halogens is 1. The number of piperidine rings is 1. The van der Waals surface area contributed by atoms with E-state index in [1.165, 1.54) is 0 Å². The van der Waals surface area contributed by atoms with Crippen LogP contribution < -0.4 is 4.72 Å². The molecular weight excluding hydrogens is 402 g/mol. The van der Waals surface area contributed by atoms with E-state index < -0.39 is 10.0 Å². The quantitative estimate of drug-likeness (QED) is 0.768. The highest BCUT2D eigenvalue weighted by Gasteiger charge is 2.30. The largest absolute Gasteiger partial charge is 0.360 e. The van der Waals surface area contributed by atoms with Crippen molar-refractivity contribution >= 4 is 27.5 Å². The minimum Gasteiger partial charge on any atom is -0.360 e. The molecule has 1 N–H and O–H groups in total. The zero-order chi connectivity index (χ0) is 20.3. The number of benzene rings is 1. The molecule has 1 fully saturated rings. The molecule has 0 radical (unpaired) electrons. The Kier molecular flexibility index (Phi) is 6.42. The van der Waals surface area contributed by atoms with Gasteiger partial charge >= 0.3 is 0 Å². The number of rotatable bonds is 6. The number of carbonyl (C=O) groups is 1. The van der Waals surface area contributed by atoms with E-state index in [-0.39, 0.29) is 22.6 Å². The van der Waals surface area contributed by atoms with Gasteiger partial charge < -0.3 is 9.42 Å². The lowest BCUT2D eigenvalue weighted by Crippen LogP contribution is -2.46. The summed E-state index contributed by atoms with van der Waals surface area (Å²) in [6, 6.07) is 7.27. The molecule has 0 aliphatic carbocycles. The molecule has 1 aliphatic rings. The van der Waals surface area contributed by atoms with E-state index in [1.54, 1.807) is 18.7 Å². The van der Waals surface area contributed by atoms with E-state index in [4.69, 9.17) is 16.1 Å². The minimum absolute atomic E-state index is 0.0852. The van der Waals surface area contributed by atoms with E-state index in [0.717, 1.165) is 5.56 Å². The van der Waals surface area contributed by atoms with Crippen molar-refractivity contribution in [2.45, 2.75) is 50.5 Å². The van der Waals surface area contributed by atoms with Crippen molar-refractivity contribution in [1.29, 1.82) is 0 Å². The van der Waals surface area contributed by atoms with Crippen molar-refractivity contribution in [1.82, 2.24) is 14.8 Å². The Labute approximate surface area is 170 Å². The number of carbonyl (C=O) groups excluding carboxylic acids is 1. The van der Waals surface area contributed by atoms with E-state index in [0.29, 0.717) is 49.5 Å². The monoisotopic (exact) mass is 425 g/mol. The Morgan fingerprint density at radius 3 is 2.46 bits per heavy atom. The van der Waals surface area contributed by atoms with Crippen molar-refractivity contribution < 1.29 is 17.7 Å². The lowest BCUT2D eigenvalue weighted by atomic mass is 10.0. The Morgan fingerprint density at radius 1 is 1.25 bits per heavy atom. The number of nitrogens with one attached hydrogen (secondary N) is 1. The van der Waals surface area contributed by atoms with Crippen LogP contribution in [0.3, 0.4) is 0 Å². The van der Waals surface area contributed by atoms with E-state index in [9.17, 15) is 13.2 Å². The number of hydrogen-bond donors (Lipinski definition) is 1. The van der Waals surface area contributed by atoms with E-state index in [1.807, 2.05) is 24.3 Å². The van der Waals surface area contributed by atoms with Crippen LogP contribution in [0.1, 0.15) is 36.3 Å². The normalized spacial score (nSPS) is 15.8. The third-order valence-electron chi connectivity index (χ3n) is 4.95. The molecule has 152 valence electrons. The number of nitrogens with zero attached hydrogens (tertiary/aromatic N) is 2. The number of aromatic nitrogens is 1. The first-order valence-electron chi connectivity index (χ1n) is 9.23. The molecule has 1 aromatic heterocycles. The van der Waals surface area contributed by atoms with Crippen LogP contribution >= 0.6 is 11.6 Å². The van der Waals surface area contributed by atoms with Crippen molar-refractivity contribution in [3.63, 3.8) is 0 Å². The Bertz CT molecular complexity index is 913. The highest BCUT2D eigenvalue weighted by atomic mass is 35.5. The second kappa shape index (κ2) is 8.63. The summed E-state index contributed by atoms with van der Waals surface area (Å²) in [5.74, 6) is 0.363. The average molecular weight is 426 g/mol. The number of aryl methyl sites for hydroxylation is 3. The molecular formula is C19H24ClN3O4S. The summed E-state index contributed by atoms with van der Waals surface area (Å²) >= 11 is 5.87. The molecule has 0 bridgehead atoms. The van der Waals surface area contributed by atoms with Gasteiger partial charge in [-0.25, -0.2) is 13.1 Å². The summed E-state index contributed by atoms with van der Waals surface area (Å²) in [5, 5.41) is 4.38. The van der Waals surface area contributed by atoms with Crippen molar-refractivity contribution in [3.05, 3.63) is 46.3 Å². The molecule has 2 aromatic rings. The van der Waals surface area contributed by atoms with E-state index >= 15 is 0 Å². The van der Waals surface area contributed by atoms with E-state index in [2.05, 4.69) is 9.88 Å². The number of likely N-dealkylation sites (tertiary alicyclic amines) is 1. The fourth-order valence-electron chi connectivity index (χ4n) is 3.44. The third kappa shape index (κ3) is 4.92. The summed E-state index contributed by atoms with van der Waals surface area (Å²) < 4.78 is 32.9. The van der Waals surface area contributed by atoms with Crippen LogP contribution in [0.15, 0.2) is 33.7 Å². The lowest BCUT2D eigenvalue weighted by molar-refractivity contribution is -0.132. The van der Waals surface area contributed by atoms with Crippen molar-refractivity contribution in [2.75, 3.05) is 13.1 Å². The van der Waals surface area contributed by atoms with Crippen LogP contribution in [-0.2, 0) is 21.2 Å². The molecule has 28 heavy (non-hydrogen) atoms. The fraction of sp³-hybridized carbons (Fsp3) is 0.474. The molecule has 1 saturated heterocycles. The summed E-state index contributed by atoms with van der Waals surface area (Å²) in [6.07, 6.45) is 2.25. The zero-order valence-electron chi connectivity index (χ0n) is 15.9. The second-order valence-electron chi connectivity index (χ2n) is 7.06. The van der Waals surface area contributed by atoms with Gasteiger partial charge in [-0.05, 0) is 50.8 Å². The fourth-order valence-corrected chi connectivity index (χ4v) is 5.20. The molecule has 9 heteroatoms. The van der Waals surface area contributed by atoms with Gasteiger partial charge in [-0.2, -0.15) is 0 Å². The Morgan fingerprint density at radius 2 is 1.89 bits per heavy atom. The van der Waals surface area contributed by atoms with Crippen molar-refractivity contribution in [2.24, 2.45) is 0 Å². The predicted octanol–water partition coefficient (Wildman–Crippen LogP) is 2.85. The molecule has 1 aromatic carbocycles. The van der Waals surface area contributed by atoms with Gasteiger partial charge in [-0.3, -0.25) is 4.79 Å². The predicted molar refractivity (Wildman–Crippen MR) is 106 cm³/mol. The smallest absolute Gasteiger partial charge is 0.246 e. The summed E-state index contributed by atoms with van der Waals surface area (Å²) in [6.45, 7) is 4.26.